The number of hydrogen-bond donors (Lipinski definition) is 0. The summed E-state index contributed by atoms with van der Waals surface area (Å²) in [4.78, 5) is 31.9. The number of aliphatic imine (C=N–C) groups is 1. The van der Waals surface area contributed by atoms with E-state index in [1.807, 2.05) is 75.4 Å². The van der Waals surface area contributed by atoms with Crippen LogP contribution in [-0.2, 0) is 20.7 Å². The summed E-state index contributed by atoms with van der Waals surface area (Å²) in [5.41, 5.74) is 3.89. The predicted molar refractivity (Wildman–Crippen MR) is 138 cm³/mol. The molecular weight excluding hydrogens is 438 g/mol. The molecule has 2 aromatic rings. The number of carbonyl (C=O) groups is 2. The molecule has 2 aromatic carbocycles. The Kier molecular flexibility index (Phi) is 7.25. The van der Waals surface area contributed by atoms with Gasteiger partial charge < -0.3 is 9.47 Å². The average Bonchev–Trinajstić information content (AvgIpc) is 2.78. The number of Topliss-reactive ketones (excluding diaryl/α,β-unsaturated/α-hetero) is 1. The summed E-state index contributed by atoms with van der Waals surface area (Å²) < 4.78 is 11.9. The average molecular weight is 474 g/mol. The first-order valence-corrected chi connectivity index (χ1v) is 12.4. The molecule has 0 saturated carbocycles. The molecule has 2 atom stereocenters. The van der Waals surface area contributed by atoms with Crippen LogP contribution >= 0.6 is 0 Å². The Morgan fingerprint density at radius 3 is 2.46 bits per heavy atom. The summed E-state index contributed by atoms with van der Waals surface area (Å²) >= 11 is 0. The maximum Gasteiger partial charge on any atom is 0.315 e. The van der Waals surface area contributed by atoms with Crippen molar-refractivity contribution in [1.82, 2.24) is 0 Å². The quantitative estimate of drug-likeness (QED) is 0.457. The lowest BCUT2D eigenvalue weighted by atomic mass is 9.66. The molecule has 2 aliphatic rings. The molecule has 5 nitrogen and oxygen atoms in total. The van der Waals surface area contributed by atoms with Gasteiger partial charge in [0.1, 0.15) is 11.7 Å². The van der Waals surface area contributed by atoms with Crippen LogP contribution in [0.2, 0.25) is 0 Å². The van der Waals surface area contributed by atoms with Crippen molar-refractivity contribution in [3.05, 3.63) is 77.0 Å². The number of carbonyl (C=O) groups excluding carboxylic acids is 2. The molecule has 0 aromatic heterocycles. The van der Waals surface area contributed by atoms with Gasteiger partial charge in [-0.1, -0.05) is 62.4 Å². The van der Waals surface area contributed by atoms with Crippen molar-refractivity contribution in [3.8, 4) is 5.75 Å². The van der Waals surface area contributed by atoms with Gasteiger partial charge in [-0.25, -0.2) is 0 Å². The third-order valence-electron chi connectivity index (χ3n) is 6.65. The van der Waals surface area contributed by atoms with Gasteiger partial charge in [0.2, 0.25) is 0 Å². The number of hydrogen-bond acceptors (Lipinski definition) is 5. The summed E-state index contributed by atoms with van der Waals surface area (Å²) in [6, 6.07) is 17.7. The van der Waals surface area contributed by atoms with Gasteiger partial charge >= 0.3 is 5.97 Å². The zero-order chi connectivity index (χ0) is 25.2. The Morgan fingerprint density at radius 2 is 1.74 bits per heavy atom. The fourth-order valence-electron chi connectivity index (χ4n) is 5.19. The SMILES string of the molecule is CC1=NC2=C(C(=O)CC(C)(C)C2)[C@@H](c2ccccc2OC(C)C)C1C(=O)OCCc1ccccc1. The monoisotopic (exact) mass is 473 g/mol. The molecule has 1 aliphatic heterocycles. The van der Waals surface area contributed by atoms with Gasteiger partial charge in [0, 0.05) is 41.3 Å². The van der Waals surface area contributed by atoms with Gasteiger partial charge in [-0.2, -0.15) is 0 Å². The zero-order valence-corrected chi connectivity index (χ0v) is 21.3. The van der Waals surface area contributed by atoms with Gasteiger partial charge in [0.25, 0.3) is 0 Å². The van der Waals surface area contributed by atoms with Crippen molar-refractivity contribution in [2.24, 2.45) is 16.3 Å². The fraction of sp³-hybridized carbons (Fsp3) is 0.433. The second kappa shape index (κ2) is 10.2. The first kappa shape index (κ1) is 24.9. The molecule has 1 aliphatic carbocycles. The van der Waals surface area contributed by atoms with E-state index in [0.29, 0.717) is 36.3 Å². The zero-order valence-electron chi connectivity index (χ0n) is 21.3. The smallest absolute Gasteiger partial charge is 0.315 e. The first-order valence-electron chi connectivity index (χ1n) is 12.4. The Bertz CT molecular complexity index is 1160. The summed E-state index contributed by atoms with van der Waals surface area (Å²) in [6.07, 6.45) is 1.72. The lowest BCUT2D eigenvalue weighted by Gasteiger charge is -2.39. The highest BCUT2D eigenvalue weighted by atomic mass is 16.5. The van der Waals surface area contributed by atoms with Crippen LogP contribution in [-0.4, -0.2) is 30.2 Å². The summed E-state index contributed by atoms with van der Waals surface area (Å²) in [6.45, 7) is 10.3. The number of nitrogens with zero attached hydrogens (tertiary/aromatic N) is 1. The van der Waals surface area contributed by atoms with Crippen molar-refractivity contribution in [3.63, 3.8) is 0 Å². The lowest BCUT2D eigenvalue weighted by molar-refractivity contribution is -0.146. The van der Waals surface area contributed by atoms with Crippen LogP contribution in [0.5, 0.6) is 5.75 Å². The maximum atomic E-state index is 13.5. The summed E-state index contributed by atoms with van der Waals surface area (Å²) in [5.74, 6) is -0.764. The largest absolute Gasteiger partial charge is 0.491 e. The number of ketones is 1. The molecule has 0 saturated heterocycles. The van der Waals surface area contributed by atoms with Crippen LogP contribution in [0.25, 0.3) is 0 Å². The van der Waals surface area contributed by atoms with Gasteiger partial charge in [0.05, 0.1) is 12.7 Å². The molecule has 1 heterocycles. The van der Waals surface area contributed by atoms with E-state index in [4.69, 9.17) is 14.5 Å². The molecule has 1 unspecified atom stereocenters. The molecule has 0 amide bonds. The predicted octanol–water partition coefficient (Wildman–Crippen LogP) is 6.08. The van der Waals surface area contributed by atoms with Gasteiger partial charge in [-0.05, 0) is 44.2 Å². The number of ether oxygens (including phenoxy) is 2. The summed E-state index contributed by atoms with van der Waals surface area (Å²) in [7, 11) is 0. The third-order valence-corrected chi connectivity index (χ3v) is 6.65. The summed E-state index contributed by atoms with van der Waals surface area (Å²) in [5, 5.41) is 0. The highest BCUT2D eigenvalue weighted by Gasteiger charge is 2.46. The van der Waals surface area contributed by atoms with Crippen LogP contribution in [0.4, 0.5) is 0 Å². The van der Waals surface area contributed by atoms with Crippen LogP contribution in [0.15, 0.2) is 70.9 Å². The Labute approximate surface area is 208 Å². The van der Waals surface area contributed by atoms with Crippen LogP contribution < -0.4 is 4.74 Å². The molecule has 0 radical (unpaired) electrons. The first-order chi connectivity index (χ1) is 16.7. The molecular formula is C30H35NO4. The normalized spacial score (nSPS) is 21.4. The highest BCUT2D eigenvalue weighted by Crippen LogP contribution is 2.49. The van der Waals surface area contributed by atoms with E-state index in [0.717, 1.165) is 16.8 Å². The number of para-hydroxylation sites is 1. The Balaban J connectivity index is 1.71. The second-order valence-corrected chi connectivity index (χ2v) is 10.6. The van der Waals surface area contributed by atoms with Crippen molar-refractivity contribution in [2.45, 2.75) is 65.9 Å². The van der Waals surface area contributed by atoms with Gasteiger partial charge in [0.15, 0.2) is 5.78 Å². The Morgan fingerprint density at radius 1 is 1.06 bits per heavy atom. The minimum atomic E-state index is -0.674. The van der Waals surface area contributed by atoms with E-state index >= 15 is 0 Å². The van der Waals surface area contributed by atoms with Crippen LogP contribution in [0.1, 0.15) is 64.5 Å². The molecule has 5 heteroatoms. The standard InChI is InChI=1S/C30H35NO4/c1-19(2)35-25-14-10-9-13-22(25)27-26(29(33)34-16-15-21-11-7-6-8-12-21)20(3)31-23-17-30(4,5)18-24(32)28(23)27/h6-14,19,26-27H,15-18H2,1-5H3/t26?,27-/m0/s1. The van der Waals surface area contributed by atoms with E-state index in [-0.39, 0.29) is 29.9 Å². The number of benzene rings is 2. The third kappa shape index (κ3) is 5.55. The second-order valence-electron chi connectivity index (χ2n) is 10.6. The number of esters is 1. The molecule has 0 spiro atoms. The minimum Gasteiger partial charge on any atom is -0.491 e. The Hall–Kier alpha value is -3.21. The molecule has 184 valence electrons. The van der Waals surface area contributed by atoms with Crippen molar-refractivity contribution in [2.75, 3.05) is 6.61 Å². The van der Waals surface area contributed by atoms with Crippen LogP contribution in [0, 0.1) is 11.3 Å². The fourth-order valence-corrected chi connectivity index (χ4v) is 5.19. The van der Waals surface area contributed by atoms with Crippen molar-refractivity contribution >= 4 is 17.5 Å². The molecule has 0 bridgehead atoms. The van der Waals surface area contributed by atoms with E-state index in [2.05, 4.69) is 13.8 Å². The van der Waals surface area contributed by atoms with E-state index in [1.165, 1.54) is 0 Å². The van der Waals surface area contributed by atoms with Gasteiger partial charge in [-0.15, -0.1) is 0 Å². The van der Waals surface area contributed by atoms with Crippen molar-refractivity contribution in [1.29, 1.82) is 0 Å². The molecule has 4 rings (SSSR count). The van der Waals surface area contributed by atoms with Crippen molar-refractivity contribution < 1.29 is 19.1 Å². The minimum absolute atomic E-state index is 0.0415. The molecule has 0 fully saturated rings. The van der Waals surface area contributed by atoms with E-state index < -0.39 is 11.8 Å². The van der Waals surface area contributed by atoms with E-state index in [1.54, 1.807) is 0 Å². The topological polar surface area (TPSA) is 65.0 Å². The lowest BCUT2D eigenvalue weighted by Crippen LogP contribution is -2.39. The number of allylic oxidation sites excluding steroid dienone is 2. The number of rotatable bonds is 7. The maximum absolute atomic E-state index is 13.5. The molecule has 0 N–H and O–H groups in total. The molecule has 35 heavy (non-hydrogen) atoms. The highest BCUT2D eigenvalue weighted by molar-refractivity contribution is 6.09. The van der Waals surface area contributed by atoms with E-state index in [9.17, 15) is 9.59 Å². The van der Waals surface area contributed by atoms with Crippen LogP contribution in [0.3, 0.4) is 0 Å². The van der Waals surface area contributed by atoms with Gasteiger partial charge in [-0.3, -0.25) is 14.6 Å².